The molecule has 1 aromatic carbocycles. The fraction of sp³-hybridized carbons (Fsp3) is 0.562. The normalized spacial score (nSPS) is 17.1. The fourth-order valence-electron chi connectivity index (χ4n) is 2.75. The zero-order valence-corrected chi connectivity index (χ0v) is 14.1. The predicted molar refractivity (Wildman–Crippen MR) is 92.0 cm³/mol. The average molecular weight is 328 g/mol. The average Bonchev–Trinajstić information content (AvgIpc) is 3.01. The van der Waals surface area contributed by atoms with Gasteiger partial charge < -0.3 is 15.4 Å². The summed E-state index contributed by atoms with van der Waals surface area (Å²) in [5.74, 6) is 0.704. The van der Waals surface area contributed by atoms with Crippen LogP contribution in [0.3, 0.4) is 0 Å². The summed E-state index contributed by atoms with van der Waals surface area (Å²) in [6.45, 7) is 5.54. The van der Waals surface area contributed by atoms with Gasteiger partial charge in [-0.25, -0.2) is 0 Å². The van der Waals surface area contributed by atoms with Crippen molar-refractivity contribution in [1.82, 2.24) is 10.2 Å². The van der Waals surface area contributed by atoms with Crippen molar-refractivity contribution in [3.63, 3.8) is 0 Å². The minimum absolute atomic E-state index is 0. The van der Waals surface area contributed by atoms with E-state index in [-0.39, 0.29) is 18.3 Å². The quantitative estimate of drug-likeness (QED) is 0.805. The summed E-state index contributed by atoms with van der Waals surface area (Å²) in [7, 11) is 1.61. The number of nitrogens with one attached hydrogen (secondary N) is 2. The Balaban J connectivity index is 0.00000242. The number of para-hydroxylation sites is 2. The summed E-state index contributed by atoms with van der Waals surface area (Å²) >= 11 is 0. The molecular formula is C16H26ClN3O2. The molecular weight excluding hydrogens is 302 g/mol. The first-order valence-corrected chi connectivity index (χ1v) is 7.62. The molecule has 5 nitrogen and oxygen atoms in total. The van der Waals surface area contributed by atoms with Gasteiger partial charge in [0.2, 0.25) is 5.91 Å². The molecule has 0 aliphatic carbocycles. The molecule has 0 spiro atoms. The van der Waals surface area contributed by atoms with Crippen LogP contribution in [0.25, 0.3) is 0 Å². The highest BCUT2D eigenvalue weighted by Gasteiger charge is 2.23. The van der Waals surface area contributed by atoms with E-state index in [1.54, 1.807) is 7.11 Å². The first-order valence-electron chi connectivity index (χ1n) is 7.62. The third kappa shape index (κ3) is 5.16. The van der Waals surface area contributed by atoms with E-state index in [9.17, 15) is 4.79 Å². The van der Waals surface area contributed by atoms with Crippen LogP contribution in [0, 0.1) is 0 Å². The Labute approximate surface area is 138 Å². The summed E-state index contributed by atoms with van der Waals surface area (Å²) in [5.41, 5.74) is 0.728. The molecule has 1 unspecified atom stereocenters. The van der Waals surface area contributed by atoms with Gasteiger partial charge in [0.05, 0.1) is 19.3 Å². The number of rotatable bonds is 7. The van der Waals surface area contributed by atoms with Crippen LogP contribution >= 0.6 is 12.4 Å². The van der Waals surface area contributed by atoms with Crippen molar-refractivity contribution in [2.45, 2.75) is 25.8 Å². The summed E-state index contributed by atoms with van der Waals surface area (Å²) < 4.78 is 5.26. The van der Waals surface area contributed by atoms with Gasteiger partial charge in [-0.2, -0.15) is 0 Å². The van der Waals surface area contributed by atoms with Crippen molar-refractivity contribution in [1.29, 1.82) is 0 Å². The van der Waals surface area contributed by atoms with Crippen LogP contribution in [-0.4, -0.2) is 50.1 Å². The lowest BCUT2D eigenvalue weighted by molar-refractivity contribution is -0.117. The van der Waals surface area contributed by atoms with Gasteiger partial charge in [-0.1, -0.05) is 19.1 Å². The molecule has 0 bridgehead atoms. The SMILES string of the molecule is CCCN(CC(=O)Nc1ccccc1OC)C1CCNC1.Cl. The highest BCUT2D eigenvalue weighted by molar-refractivity contribution is 5.93. The second-order valence-electron chi connectivity index (χ2n) is 5.37. The molecule has 0 radical (unpaired) electrons. The van der Waals surface area contributed by atoms with Gasteiger partial charge in [-0.15, -0.1) is 12.4 Å². The molecule has 22 heavy (non-hydrogen) atoms. The van der Waals surface area contributed by atoms with Gasteiger partial charge >= 0.3 is 0 Å². The van der Waals surface area contributed by atoms with E-state index in [1.807, 2.05) is 24.3 Å². The van der Waals surface area contributed by atoms with Gasteiger partial charge in [-0.05, 0) is 38.1 Å². The minimum atomic E-state index is 0. The number of hydrogen-bond donors (Lipinski definition) is 2. The van der Waals surface area contributed by atoms with Gasteiger partial charge in [0.15, 0.2) is 0 Å². The van der Waals surface area contributed by atoms with Crippen LogP contribution in [0.4, 0.5) is 5.69 Å². The third-order valence-corrected chi connectivity index (χ3v) is 3.79. The molecule has 0 aromatic heterocycles. The molecule has 6 heteroatoms. The Hall–Kier alpha value is -1.30. The van der Waals surface area contributed by atoms with Crippen molar-refractivity contribution < 1.29 is 9.53 Å². The summed E-state index contributed by atoms with van der Waals surface area (Å²) in [6.07, 6.45) is 2.17. The van der Waals surface area contributed by atoms with Crippen LogP contribution < -0.4 is 15.4 Å². The number of amides is 1. The van der Waals surface area contributed by atoms with E-state index in [4.69, 9.17) is 4.74 Å². The van der Waals surface area contributed by atoms with Crippen molar-refractivity contribution in [2.24, 2.45) is 0 Å². The number of halogens is 1. The second-order valence-corrected chi connectivity index (χ2v) is 5.37. The Kier molecular flexibility index (Phi) is 8.24. The molecule has 1 heterocycles. The lowest BCUT2D eigenvalue weighted by Crippen LogP contribution is -2.42. The number of carbonyl (C=O) groups is 1. The number of carbonyl (C=O) groups excluding carboxylic acids is 1. The molecule has 124 valence electrons. The molecule has 2 rings (SSSR count). The topological polar surface area (TPSA) is 53.6 Å². The van der Waals surface area contributed by atoms with Gasteiger partial charge in [0.25, 0.3) is 0 Å². The van der Waals surface area contributed by atoms with Crippen molar-refractivity contribution in [3.8, 4) is 5.75 Å². The largest absolute Gasteiger partial charge is 0.495 e. The van der Waals surface area contributed by atoms with Gasteiger partial charge in [0, 0.05) is 12.6 Å². The van der Waals surface area contributed by atoms with Crippen molar-refractivity contribution in [2.75, 3.05) is 38.6 Å². The highest BCUT2D eigenvalue weighted by atomic mass is 35.5. The summed E-state index contributed by atoms with van der Waals surface area (Å²) in [5, 5.41) is 6.31. The van der Waals surface area contributed by atoms with Gasteiger partial charge in [0.1, 0.15) is 5.75 Å². The van der Waals surface area contributed by atoms with E-state index in [0.29, 0.717) is 18.3 Å². The number of methoxy groups -OCH3 is 1. The third-order valence-electron chi connectivity index (χ3n) is 3.79. The molecule has 1 saturated heterocycles. The van der Waals surface area contributed by atoms with Crippen LogP contribution in [0.2, 0.25) is 0 Å². The van der Waals surface area contributed by atoms with Crippen LogP contribution in [-0.2, 0) is 4.79 Å². The van der Waals surface area contributed by atoms with Crippen LogP contribution in [0.5, 0.6) is 5.75 Å². The maximum Gasteiger partial charge on any atom is 0.238 e. The maximum absolute atomic E-state index is 12.3. The molecule has 1 atom stereocenters. The Morgan fingerprint density at radius 2 is 2.23 bits per heavy atom. The molecule has 1 aromatic rings. The molecule has 1 fully saturated rings. The summed E-state index contributed by atoms with van der Waals surface area (Å²) in [4.78, 5) is 14.6. The molecule has 1 amide bonds. The van der Waals surface area contributed by atoms with E-state index in [1.165, 1.54) is 0 Å². The highest BCUT2D eigenvalue weighted by Crippen LogP contribution is 2.23. The molecule has 0 saturated carbocycles. The molecule has 1 aliphatic heterocycles. The zero-order chi connectivity index (χ0) is 15.1. The number of hydrogen-bond acceptors (Lipinski definition) is 4. The van der Waals surface area contributed by atoms with Crippen LogP contribution in [0.15, 0.2) is 24.3 Å². The Bertz CT molecular complexity index is 464. The van der Waals surface area contributed by atoms with E-state index in [2.05, 4.69) is 22.5 Å². The number of ether oxygens (including phenoxy) is 1. The summed E-state index contributed by atoms with van der Waals surface area (Å²) in [6, 6.07) is 7.96. The minimum Gasteiger partial charge on any atom is -0.495 e. The number of anilines is 1. The first kappa shape index (κ1) is 18.7. The maximum atomic E-state index is 12.3. The Morgan fingerprint density at radius 3 is 2.86 bits per heavy atom. The Morgan fingerprint density at radius 1 is 1.45 bits per heavy atom. The van der Waals surface area contributed by atoms with Crippen LogP contribution in [0.1, 0.15) is 19.8 Å². The van der Waals surface area contributed by atoms with Gasteiger partial charge in [-0.3, -0.25) is 9.69 Å². The van der Waals surface area contributed by atoms with E-state index < -0.39 is 0 Å². The van der Waals surface area contributed by atoms with E-state index in [0.717, 1.165) is 38.2 Å². The molecule has 1 aliphatic rings. The smallest absolute Gasteiger partial charge is 0.238 e. The van der Waals surface area contributed by atoms with E-state index >= 15 is 0 Å². The standard InChI is InChI=1S/C16H25N3O2.ClH/c1-3-10-19(13-8-9-17-11-13)12-16(20)18-14-6-4-5-7-15(14)21-2;/h4-7,13,17H,3,8-12H2,1-2H3,(H,18,20);1H. The first-order chi connectivity index (χ1) is 10.2. The predicted octanol–water partition coefficient (Wildman–Crippen LogP) is 2.13. The number of benzene rings is 1. The monoisotopic (exact) mass is 327 g/mol. The lowest BCUT2D eigenvalue weighted by Gasteiger charge is -2.27. The van der Waals surface area contributed by atoms with Crippen molar-refractivity contribution in [3.05, 3.63) is 24.3 Å². The zero-order valence-electron chi connectivity index (χ0n) is 13.3. The molecule has 2 N–H and O–H groups in total. The number of nitrogens with zero attached hydrogens (tertiary/aromatic N) is 1. The second kappa shape index (κ2) is 9.66. The van der Waals surface area contributed by atoms with Crippen molar-refractivity contribution >= 4 is 24.0 Å². The fourth-order valence-corrected chi connectivity index (χ4v) is 2.75. The lowest BCUT2D eigenvalue weighted by atomic mass is 10.2.